The third-order valence-corrected chi connectivity index (χ3v) is 4.23. The molecule has 1 aromatic carbocycles. The van der Waals surface area contributed by atoms with Crippen molar-refractivity contribution in [1.29, 1.82) is 0 Å². The predicted octanol–water partition coefficient (Wildman–Crippen LogP) is 1.58. The van der Waals surface area contributed by atoms with Crippen molar-refractivity contribution >= 4 is 21.4 Å². The van der Waals surface area contributed by atoms with Gasteiger partial charge in [0.05, 0.1) is 9.92 Å². The van der Waals surface area contributed by atoms with Crippen molar-refractivity contribution in [2.45, 2.75) is 4.90 Å². The number of allylic oxidation sites excluding steroid dienone is 2. The first-order valence-electron chi connectivity index (χ1n) is 4.50. The summed E-state index contributed by atoms with van der Waals surface area (Å²) in [5.41, 5.74) is 5.17. The summed E-state index contributed by atoms with van der Waals surface area (Å²) >= 11 is 5.86. The molecule has 0 fully saturated rings. The number of nitrogens with one attached hydrogen (secondary N) is 2. The molecule has 0 bridgehead atoms. The van der Waals surface area contributed by atoms with Crippen molar-refractivity contribution < 1.29 is 8.42 Å². The average molecular weight is 257 g/mol. The number of hydrogen-bond acceptors (Lipinski definition) is 4. The predicted molar refractivity (Wildman–Crippen MR) is 62.1 cm³/mol. The lowest BCUT2D eigenvalue weighted by Crippen LogP contribution is -2.32. The molecule has 0 saturated heterocycles. The normalized spacial score (nSPS) is 14.9. The van der Waals surface area contributed by atoms with Crippen LogP contribution in [0.3, 0.4) is 0 Å². The highest BCUT2D eigenvalue weighted by Gasteiger charge is 2.23. The van der Waals surface area contributed by atoms with Crippen LogP contribution in [0.2, 0.25) is 5.02 Å². The maximum atomic E-state index is 12.1. The van der Waals surface area contributed by atoms with Gasteiger partial charge in [-0.05, 0) is 24.3 Å². The molecule has 0 saturated carbocycles. The maximum absolute atomic E-state index is 12.1. The summed E-state index contributed by atoms with van der Waals surface area (Å²) in [7, 11) is -3.59. The van der Waals surface area contributed by atoms with Crippen molar-refractivity contribution in [3.8, 4) is 0 Å². The monoisotopic (exact) mass is 256 g/mol. The molecule has 6 heteroatoms. The molecule has 84 valence electrons. The van der Waals surface area contributed by atoms with Crippen LogP contribution in [0.4, 0.5) is 0 Å². The van der Waals surface area contributed by atoms with Crippen LogP contribution in [-0.2, 0) is 9.84 Å². The van der Waals surface area contributed by atoms with E-state index in [1.54, 1.807) is 30.5 Å². The van der Waals surface area contributed by atoms with Gasteiger partial charge in [0, 0.05) is 6.20 Å². The van der Waals surface area contributed by atoms with Gasteiger partial charge in [0.1, 0.15) is 0 Å². The topological polar surface area (TPSA) is 58.2 Å². The number of rotatable bonds is 2. The van der Waals surface area contributed by atoms with Crippen LogP contribution in [0.15, 0.2) is 52.5 Å². The van der Waals surface area contributed by atoms with Crippen LogP contribution >= 0.6 is 11.6 Å². The van der Waals surface area contributed by atoms with Crippen LogP contribution < -0.4 is 10.9 Å². The Bertz CT molecular complexity index is 564. The highest BCUT2D eigenvalue weighted by Crippen LogP contribution is 2.25. The summed E-state index contributed by atoms with van der Waals surface area (Å²) in [4.78, 5) is 0.0903. The largest absolute Gasteiger partial charge is 0.308 e. The lowest BCUT2D eigenvalue weighted by Gasteiger charge is -2.14. The fraction of sp³-hybridized carbons (Fsp3) is 0. The molecule has 4 nitrogen and oxygen atoms in total. The number of hydrazine groups is 1. The smallest absolute Gasteiger partial charge is 0.224 e. The molecular weight excluding hydrogens is 248 g/mol. The molecule has 1 aliphatic rings. The van der Waals surface area contributed by atoms with Crippen molar-refractivity contribution in [1.82, 2.24) is 10.9 Å². The molecule has 0 unspecified atom stereocenters. The SMILES string of the molecule is O=S(=O)(C1=CC=CNN1)c1ccccc1Cl. The Kier molecular flexibility index (Phi) is 2.89. The zero-order valence-corrected chi connectivity index (χ0v) is 9.72. The summed E-state index contributed by atoms with van der Waals surface area (Å²) in [5, 5.41) is 0.280. The van der Waals surface area contributed by atoms with E-state index in [-0.39, 0.29) is 14.9 Å². The quantitative estimate of drug-likeness (QED) is 0.844. The van der Waals surface area contributed by atoms with E-state index in [1.165, 1.54) is 12.1 Å². The Balaban J connectivity index is 2.51. The highest BCUT2D eigenvalue weighted by molar-refractivity contribution is 7.95. The molecule has 0 atom stereocenters. The van der Waals surface area contributed by atoms with Gasteiger partial charge in [0.15, 0.2) is 5.03 Å². The highest BCUT2D eigenvalue weighted by atomic mass is 35.5. The molecule has 0 radical (unpaired) electrons. The molecule has 1 aliphatic heterocycles. The van der Waals surface area contributed by atoms with Gasteiger partial charge in [0.2, 0.25) is 9.84 Å². The summed E-state index contributed by atoms with van der Waals surface area (Å²) in [6.45, 7) is 0. The van der Waals surface area contributed by atoms with Crippen LogP contribution in [0.5, 0.6) is 0 Å². The van der Waals surface area contributed by atoms with Gasteiger partial charge < -0.3 is 5.43 Å². The Morgan fingerprint density at radius 2 is 1.94 bits per heavy atom. The number of benzene rings is 1. The van der Waals surface area contributed by atoms with E-state index in [0.717, 1.165) is 0 Å². The van der Waals surface area contributed by atoms with Crippen LogP contribution in [-0.4, -0.2) is 8.42 Å². The second-order valence-electron chi connectivity index (χ2n) is 3.09. The van der Waals surface area contributed by atoms with Gasteiger partial charge in [-0.1, -0.05) is 23.7 Å². The van der Waals surface area contributed by atoms with Gasteiger partial charge in [-0.2, -0.15) is 0 Å². The minimum absolute atomic E-state index is 0.0723. The van der Waals surface area contributed by atoms with Gasteiger partial charge >= 0.3 is 0 Å². The number of halogens is 1. The molecular formula is C10H9ClN2O2S. The first-order valence-corrected chi connectivity index (χ1v) is 6.36. The maximum Gasteiger partial charge on any atom is 0.224 e. The molecule has 16 heavy (non-hydrogen) atoms. The van der Waals surface area contributed by atoms with E-state index in [4.69, 9.17) is 11.6 Å². The van der Waals surface area contributed by atoms with Crippen molar-refractivity contribution in [3.63, 3.8) is 0 Å². The van der Waals surface area contributed by atoms with Crippen molar-refractivity contribution in [2.24, 2.45) is 0 Å². The summed E-state index contributed by atoms with van der Waals surface area (Å²) in [5.74, 6) is 0. The number of hydrogen-bond donors (Lipinski definition) is 2. The Morgan fingerprint density at radius 1 is 1.19 bits per heavy atom. The van der Waals surface area contributed by atoms with E-state index in [0.29, 0.717) is 0 Å². The molecule has 1 heterocycles. The minimum Gasteiger partial charge on any atom is -0.308 e. The number of sulfone groups is 1. The summed E-state index contributed by atoms with van der Waals surface area (Å²) in [6.07, 6.45) is 4.65. The molecule has 2 N–H and O–H groups in total. The Hall–Kier alpha value is -1.46. The Labute approximate surface area is 98.5 Å². The molecule has 0 aliphatic carbocycles. The molecule has 0 amide bonds. The second kappa shape index (κ2) is 4.19. The third-order valence-electron chi connectivity index (χ3n) is 2.04. The van der Waals surface area contributed by atoms with Gasteiger partial charge in [0.25, 0.3) is 0 Å². The fourth-order valence-corrected chi connectivity index (χ4v) is 2.99. The minimum atomic E-state index is -3.59. The molecule has 1 aromatic rings. The fourth-order valence-electron chi connectivity index (χ4n) is 1.28. The second-order valence-corrected chi connectivity index (χ2v) is 5.39. The van der Waals surface area contributed by atoms with Gasteiger partial charge in [-0.25, -0.2) is 8.42 Å². The first kappa shape index (κ1) is 11.0. The molecule has 0 spiro atoms. The van der Waals surface area contributed by atoms with E-state index >= 15 is 0 Å². The Morgan fingerprint density at radius 3 is 2.56 bits per heavy atom. The zero-order chi connectivity index (χ0) is 11.6. The van der Waals surface area contributed by atoms with Gasteiger partial charge in [-0.3, -0.25) is 5.43 Å². The molecule has 0 aromatic heterocycles. The third kappa shape index (κ3) is 1.91. The summed E-state index contributed by atoms with van der Waals surface area (Å²) in [6, 6.07) is 6.33. The molecule has 2 rings (SSSR count). The average Bonchev–Trinajstić information content (AvgIpc) is 2.30. The first-order chi connectivity index (χ1) is 7.62. The standard InChI is InChI=1S/C10H9ClN2O2S/c11-8-4-1-2-5-9(8)16(14,15)10-6-3-7-12-13-10/h1-7,12-13H. The van der Waals surface area contributed by atoms with Crippen LogP contribution in [0, 0.1) is 0 Å². The van der Waals surface area contributed by atoms with Gasteiger partial charge in [-0.15, -0.1) is 0 Å². The van der Waals surface area contributed by atoms with Crippen LogP contribution in [0.1, 0.15) is 0 Å². The lowest BCUT2D eigenvalue weighted by atomic mass is 10.4. The van der Waals surface area contributed by atoms with E-state index < -0.39 is 9.84 Å². The van der Waals surface area contributed by atoms with E-state index in [1.807, 2.05) is 0 Å². The summed E-state index contributed by atoms with van der Waals surface area (Å²) < 4.78 is 24.2. The van der Waals surface area contributed by atoms with E-state index in [9.17, 15) is 8.42 Å². The zero-order valence-electron chi connectivity index (χ0n) is 8.14. The van der Waals surface area contributed by atoms with E-state index in [2.05, 4.69) is 10.9 Å². The van der Waals surface area contributed by atoms with Crippen LogP contribution in [0.25, 0.3) is 0 Å². The lowest BCUT2D eigenvalue weighted by molar-refractivity contribution is 0.593. The van der Waals surface area contributed by atoms with Crippen molar-refractivity contribution in [2.75, 3.05) is 0 Å². The van der Waals surface area contributed by atoms with Crippen molar-refractivity contribution in [3.05, 3.63) is 52.7 Å².